The molecular formula is C16H18N4O3. The van der Waals surface area contributed by atoms with Crippen LogP contribution in [0.25, 0.3) is 0 Å². The average molecular weight is 314 g/mol. The maximum absolute atomic E-state index is 12.7. The van der Waals surface area contributed by atoms with Crippen molar-refractivity contribution in [1.29, 1.82) is 0 Å². The van der Waals surface area contributed by atoms with E-state index in [9.17, 15) is 9.59 Å². The van der Waals surface area contributed by atoms with E-state index in [1.54, 1.807) is 24.2 Å². The fraction of sp³-hybridized carbons (Fsp3) is 0.500. The summed E-state index contributed by atoms with van der Waals surface area (Å²) in [7, 11) is 1.66. The first-order valence-corrected chi connectivity index (χ1v) is 7.94. The van der Waals surface area contributed by atoms with Gasteiger partial charge in [-0.25, -0.2) is 0 Å². The first kappa shape index (κ1) is 14.2. The van der Waals surface area contributed by atoms with Crippen molar-refractivity contribution in [3.05, 3.63) is 46.0 Å². The third kappa shape index (κ3) is 2.56. The van der Waals surface area contributed by atoms with E-state index in [1.165, 1.54) is 10.6 Å². The Kier molecular flexibility index (Phi) is 3.28. The van der Waals surface area contributed by atoms with Gasteiger partial charge in [0.25, 0.3) is 11.5 Å². The summed E-state index contributed by atoms with van der Waals surface area (Å²) in [5.41, 5.74) is 0.216. The Bertz CT molecular complexity index is 806. The average Bonchev–Trinajstić information content (AvgIpc) is 3.09. The van der Waals surface area contributed by atoms with Gasteiger partial charge in [-0.3, -0.25) is 9.59 Å². The molecule has 0 unspecified atom stereocenters. The standard InChI is InChI=1S/C16H18N4O3/c1-19-8-6-11(9-13(19)21)16(22)20-7-2-3-12(20)14-17-15(23-18-14)10-4-5-10/h6,8-10,12H,2-5,7H2,1H3/t12-/m1/s1. The molecule has 1 saturated heterocycles. The Morgan fingerprint density at radius 2 is 2.17 bits per heavy atom. The number of pyridine rings is 1. The van der Waals surface area contributed by atoms with Crippen molar-refractivity contribution >= 4 is 5.91 Å². The normalized spacial score (nSPS) is 20.9. The largest absolute Gasteiger partial charge is 0.339 e. The molecule has 0 N–H and O–H groups in total. The van der Waals surface area contributed by atoms with Crippen LogP contribution < -0.4 is 5.56 Å². The van der Waals surface area contributed by atoms with Crippen LogP contribution in [0.15, 0.2) is 27.6 Å². The molecule has 2 aliphatic rings. The minimum Gasteiger partial charge on any atom is -0.339 e. The van der Waals surface area contributed by atoms with E-state index in [0.717, 1.165) is 25.7 Å². The maximum atomic E-state index is 12.7. The van der Waals surface area contributed by atoms with Gasteiger partial charge < -0.3 is 14.0 Å². The molecule has 2 aromatic rings. The Balaban J connectivity index is 1.59. The van der Waals surface area contributed by atoms with Crippen LogP contribution in [0.2, 0.25) is 0 Å². The lowest BCUT2D eigenvalue weighted by Crippen LogP contribution is -2.32. The van der Waals surface area contributed by atoms with Crippen molar-refractivity contribution in [2.45, 2.75) is 37.6 Å². The summed E-state index contributed by atoms with van der Waals surface area (Å²) in [4.78, 5) is 30.7. The molecule has 4 rings (SSSR count). The zero-order valence-corrected chi connectivity index (χ0v) is 12.9. The number of rotatable bonds is 3. The van der Waals surface area contributed by atoms with Crippen molar-refractivity contribution in [2.75, 3.05) is 6.54 Å². The van der Waals surface area contributed by atoms with Crippen LogP contribution in [-0.4, -0.2) is 32.1 Å². The number of hydrogen-bond donors (Lipinski definition) is 0. The number of carbonyl (C=O) groups excluding carboxylic acids is 1. The molecule has 120 valence electrons. The zero-order valence-electron chi connectivity index (χ0n) is 12.9. The molecule has 1 saturated carbocycles. The molecule has 7 nitrogen and oxygen atoms in total. The van der Waals surface area contributed by atoms with E-state index >= 15 is 0 Å². The van der Waals surface area contributed by atoms with Crippen LogP contribution in [0.3, 0.4) is 0 Å². The Hall–Kier alpha value is -2.44. The lowest BCUT2D eigenvalue weighted by Gasteiger charge is -2.22. The maximum Gasteiger partial charge on any atom is 0.254 e. The highest BCUT2D eigenvalue weighted by Gasteiger charge is 2.36. The highest BCUT2D eigenvalue weighted by Crippen LogP contribution is 2.40. The van der Waals surface area contributed by atoms with Crippen LogP contribution in [0.4, 0.5) is 0 Å². The third-order valence-corrected chi connectivity index (χ3v) is 4.55. The van der Waals surface area contributed by atoms with E-state index in [0.29, 0.717) is 29.7 Å². The number of nitrogens with zero attached hydrogens (tertiary/aromatic N) is 4. The Morgan fingerprint density at radius 3 is 2.91 bits per heavy atom. The summed E-state index contributed by atoms with van der Waals surface area (Å²) in [6, 6.07) is 2.89. The van der Waals surface area contributed by atoms with Gasteiger partial charge in [-0.1, -0.05) is 5.16 Å². The number of carbonyl (C=O) groups is 1. The summed E-state index contributed by atoms with van der Waals surface area (Å²) < 4.78 is 6.76. The van der Waals surface area contributed by atoms with Crippen molar-refractivity contribution in [2.24, 2.45) is 7.05 Å². The molecule has 0 spiro atoms. The van der Waals surface area contributed by atoms with Crippen LogP contribution in [0.5, 0.6) is 0 Å². The fourth-order valence-electron chi connectivity index (χ4n) is 3.00. The van der Waals surface area contributed by atoms with Crippen LogP contribution in [0, 0.1) is 0 Å². The smallest absolute Gasteiger partial charge is 0.254 e. The molecule has 2 aromatic heterocycles. The third-order valence-electron chi connectivity index (χ3n) is 4.55. The summed E-state index contributed by atoms with van der Waals surface area (Å²) >= 11 is 0. The van der Waals surface area contributed by atoms with Crippen molar-refractivity contribution in [3.8, 4) is 0 Å². The number of aromatic nitrogens is 3. The van der Waals surface area contributed by atoms with E-state index in [4.69, 9.17) is 4.52 Å². The highest BCUT2D eigenvalue weighted by atomic mass is 16.5. The predicted molar refractivity (Wildman–Crippen MR) is 81.0 cm³/mol. The van der Waals surface area contributed by atoms with Crippen molar-refractivity contribution < 1.29 is 9.32 Å². The molecule has 1 amide bonds. The van der Waals surface area contributed by atoms with Gasteiger partial charge in [0, 0.05) is 37.3 Å². The lowest BCUT2D eigenvalue weighted by atomic mass is 10.2. The SMILES string of the molecule is Cn1ccc(C(=O)N2CCC[C@@H]2c2noc(C3CC3)n2)cc1=O. The molecule has 1 atom stereocenters. The van der Waals surface area contributed by atoms with E-state index in [2.05, 4.69) is 10.1 Å². The topological polar surface area (TPSA) is 81.2 Å². The summed E-state index contributed by atoms with van der Waals surface area (Å²) in [6.07, 6.45) is 5.53. The molecule has 0 radical (unpaired) electrons. The summed E-state index contributed by atoms with van der Waals surface area (Å²) in [5.74, 6) is 1.52. The van der Waals surface area contributed by atoms with Crippen LogP contribution in [0.1, 0.15) is 59.7 Å². The second kappa shape index (κ2) is 5.33. The number of hydrogen-bond acceptors (Lipinski definition) is 5. The molecule has 1 aliphatic heterocycles. The molecule has 2 fully saturated rings. The quantitative estimate of drug-likeness (QED) is 0.860. The highest BCUT2D eigenvalue weighted by molar-refractivity contribution is 5.94. The summed E-state index contributed by atoms with van der Waals surface area (Å²) in [5, 5.41) is 4.07. The van der Waals surface area contributed by atoms with Gasteiger partial charge in [0.1, 0.15) is 0 Å². The van der Waals surface area contributed by atoms with Gasteiger partial charge in [-0.2, -0.15) is 4.98 Å². The molecule has 1 aliphatic carbocycles. The molecule has 0 aromatic carbocycles. The zero-order chi connectivity index (χ0) is 16.0. The van der Waals surface area contributed by atoms with Gasteiger partial charge >= 0.3 is 0 Å². The van der Waals surface area contributed by atoms with E-state index < -0.39 is 0 Å². The monoisotopic (exact) mass is 314 g/mol. The van der Waals surface area contributed by atoms with Crippen LogP contribution in [-0.2, 0) is 7.05 Å². The van der Waals surface area contributed by atoms with Gasteiger partial charge in [0.05, 0.1) is 6.04 Å². The number of amides is 1. The van der Waals surface area contributed by atoms with E-state index in [1.807, 2.05) is 0 Å². The predicted octanol–water partition coefficient (Wildman–Crippen LogP) is 1.62. The number of likely N-dealkylation sites (tertiary alicyclic amines) is 1. The summed E-state index contributed by atoms with van der Waals surface area (Å²) in [6.45, 7) is 0.645. The minimum absolute atomic E-state index is 0.150. The fourth-order valence-corrected chi connectivity index (χ4v) is 3.00. The second-order valence-corrected chi connectivity index (χ2v) is 6.29. The van der Waals surface area contributed by atoms with Crippen LogP contribution >= 0.6 is 0 Å². The lowest BCUT2D eigenvalue weighted by molar-refractivity contribution is 0.0728. The first-order chi connectivity index (χ1) is 11.1. The van der Waals surface area contributed by atoms with Gasteiger partial charge in [0.15, 0.2) is 5.82 Å². The molecule has 23 heavy (non-hydrogen) atoms. The minimum atomic E-state index is -0.192. The molecule has 3 heterocycles. The van der Waals surface area contributed by atoms with Crippen molar-refractivity contribution in [3.63, 3.8) is 0 Å². The van der Waals surface area contributed by atoms with Gasteiger partial charge in [-0.15, -0.1) is 0 Å². The van der Waals surface area contributed by atoms with Gasteiger partial charge in [-0.05, 0) is 31.7 Å². The second-order valence-electron chi connectivity index (χ2n) is 6.29. The van der Waals surface area contributed by atoms with Crippen molar-refractivity contribution in [1.82, 2.24) is 19.6 Å². The Morgan fingerprint density at radius 1 is 1.35 bits per heavy atom. The first-order valence-electron chi connectivity index (χ1n) is 7.94. The molecule has 0 bridgehead atoms. The Labute approximate surface area is 132 Å². The number of aryl methyl sites for hydroxylation is 1. The molecule has 7 heteroatoms. The molecular weight excluding hydrogens is 296 g/mol. The van der Waals surface area contributed by atoms with E-state index in [-0.39, 0.29) is 17.5 Å². The van der Waals surface area contributed by atoms with Gasteiger partial charge in [0.2, 0.25) is 5.89 Å².